The number of piperidine rings is 1. The number of carboxylic acid groups (broad SMARTS) is 1. The predicted molar refractivity (Wildman–Crippen MR) is 63.8 cm³/mol. The first kappa shape index (κ1) is 13.1. The Morgan fingerprint density at radius 2 is 1.94 bits per heavy atom. The number of rotatable bonds is 3. The summed E-state index contributed by atoms with van der Waals surface area (Å²) in [6, 6.07) is 0.00813. The highest BCUT2D eigenvalue weighted by molar-refractivity contribution is 5.74. The highest BCUT2D eigenvalue weighted by Crippen LogP contribution is 2.35. The molecule has 0 aromatic carbocycles. The number of hydrogen-bond donors (Lipinski definition) is 2. The van der Waals surface area contributed by atoms with Gasteiger partial charge in [-0.05, 0) is 31.6 Å². The Balaban J connectivity index is 1.85. The molecule has 6 heteroatoms. The molecule has 0 radical (unpaired) electrons. The topological polar surface area (TPSA) is 78.9 Å². The van der Waals surface area contributed by atoms with Gasteiger partial charge in [0.15, 0.2) is 6.61 Å². The zero-order valence-corrected chi connectivity index (χ0v) is 10.4. The summed E-state index contributed by atoms with van der Waals surface area (Å²) < 4.78 is 0. The van der Waals surface area contributed by atoms with E-state index < -0.39 is 12.6 Å². The number of fused-ring (bicyclic) bond motifs is 1. The quantitative estimate of drug-likeness (QED) is 0.747. The Morgan fingerprint density at radius 3 is 2.72 bits per heavy atom. The molecule has 2 rings (SSSR count). The summed E-state index contributed by atoms with van der Waals surface area (Å²) in [5.74, 6) is -0.484. The van der Waals surface area contributed by atoms with E-state index in [1.807, 2.05) is 4.90 Å². The third kappa shape index (κ3) is 3.13. The van der Waals surface area contributed by atoms with Gasteiger partial charge < -0.3 is 10.0 Å². The number of nitrogens with one attached hydrogen (secondary N) is 1. The lowest BCUT2D eigenvalue weighted by atomic mass is 9.78. The lowest BCUT2D eigenvalue weighted by Gasteiger charge is -2.43. The fourth-order valence-electron chi connectivity index (χ4n) is 3.10. The van der Waals surface area contributed by atoms with E-state index in [9.17, 15) is 9.59 Å². The largest absolute Gasteiger partial charge is 0.479 e. The molecule has 2 aliphatic rings. The molecule has 1 saturated heterocycles. The molecule has 1 aliphatic heterocycles. The van der Waals surface area contributed by atoms with Crippen LogP contribution in [0, 0.1) is 5.92 Å². The summed E-state index contributed by atoms with van der Waals surface area (Å²) in [6.45, 7) is 0.233. The van der Waals surface area contributed by atoms with E-state index in [0.29, 0.717) is 12.0 Å². The monoisotopic (exact) mass is 256 g/mol. The van der Waals surface area contributed by atoms with Crippen molar-refractivity contribution in [1.29, 1.82) is 0 Å². The van der Waals surface area contributed by atoms with Gasteiger partial charge in [0.1, 0.15) is 0 Å². The van der Waals surface area contributed by atoms with Crippen molar-refractivity contribution >= 4 is 12.0 Å². The second-order valence-corrected chi connectivity index (χ2v) is 5.04. The molecule has 18 heavy (non-hydrogen) atoms. The van der Waals surface area contributed by atoms with Crippen LogP contribution in [-0.2, 0) is 9.63 Å². The Bertz CT molecular complexity index is 319. The van der Waals surface area contributed by atoms with E-state index in [2.05, 4.69) is 10.3 Å². The molecule has 1 heterocycles. The number of hydrogen-bond acceptors (Lipinski definition) is 3. The number of nitrogens with zero attached hydrogens (tertiary/aromatic N) is 1. The van der Waals surface area contributed by atoms with Crippen molar-refractivity contribution < 1.29 is 19.5 Å². The summed E-state index contributed by atoms with van der Waals surface area (Å²) in [4.78, 5) is 28.7. The fraction of sp³-hybridized carbons (Fsp3) is 0.833. The third-order valence-corrected chi connectivity index (χ3v) is 3.86. The van der Waals surface area contributed by atoms with Gasteiger partial charge in [-0.1, -0.05) is 12.8 Å². The second-order valence-electron chi connectivity index (χ2n) is 5.04. The Labute approximate surface area is 106 Å². The van der Waals surface area contributed by atoms with Crippen molar-refractivity contribution in [3.05, 3.63) is 0 Å². The molecule has 2 fully saturated rings. The molecule has 0 aromatic heterocycles. The van der Waals surface area contributed by atoms with Crippen LogP contribution >= 0.6 is 0 Å². The van der Waals surface area contributed by atoms with E-state index in [1.165, 1.54) is 25.7 Å². The van der Waals surface area contributed by atoms with Crippen LogP contribution in [0.1, 0.15) is 38.5 Å². The molecule has 0 bridgehead atoms. The third-order valence-electron chi connectivity index (χ3n) is 3.86. The van der Waals surface area contributed by atoms with E-state index in [-0.39, 0.29) is 6.03 Å². The van der Waals surface area contributed by atoms with Crippen molar-refractivity contribution in [3.8, 4) is 0 Å². The molecule has 2 N–H and O–H groups in total. The minimum atomic E-state index is -1.09. The number of aliphatic carboxylic acids is 1. The second kappa shape index (κ2) is 6.04. The molecule has 0 aromatic rings. The molecular formula is C12H20N2O4. The summed E-state index contributed by atoms with van der Waals surface area (Å²) in [5.41, 5.74) is 2.22. The SMILES string of the molecule is O=C(O)CONC(=O)N1CCC[C@H]2CCCC[C@H]21. The lowest BCUT2D eigenvalue weighted by Crippen LogP contribution is -2.53. The first-order valence-corrected chi connectivity index (χ1v) is 6.58. The molecule has 2 atom stereocenters. The fourth-order valence-corrected chi connectivity index (χ4v) is 3.10. The van der Waals surface area contributed by atoms with Crippen LogP contribution in [0.15, 0.2) is 0 Å². The molecule has 1 aliphatic carbocycles. The number of likely N-dealkylation sites (tertiary alicyclic amines) is 1. The van der Waals surface area contributed by atoms with E-state index in [4.69, 9.17) is 5.11 Å². The van der Waals surface area contributed by atoms with Crippen LogP contribution in [0.4, 0.5) is 4.79 Å². The van der Waals surface area contributed by atoms with Crippen LogP contribution in [0.5, 0.6) is 0 Å². The average Bonchev–Trinajstić information content (AvgIpc) is 2.37. The summed E-state index contributed by atoms with van der Waals surface area (Å²) in [6.07, 6.45) is 6.90. The Morgan fingerprint density at radius 1 is 1.22 bits per heavy atom. The van der Waals surface area contributed by atoms with Crippen LogP contribution in [-0.4, -0.2) is 41.2 Å². The van der Waals surface area contributed by atoms with Gasteiger partial charge in [-0.3, -0.25) is 4.84 Å². The zero-order valence-electron chi connectivity index (χ0n) is 10.4. The molecule has 0 spiro atoms. The molecule has 102 valence electrons. The number of carboxylic acids is 1. The van der Waals surface area contributed by atoms with Crippen LogP contribution < -0.4 is 5.48 Å². The molecule has 0 unspecified atom stereocenters. The van der Waals surface area contributed by atoms with Gasteiger partial charge in [-0.2, -0.15) is 0 Å². The maximum Gasteiger partial charge on any atom is 0.341 e. The summed E-state index contributed by atoms with van der Waals surface area (Å²) >= 11 is 0. The number of hydroxylamine groups is 1. The van der Waals surface area contributed by atoms with Gasteiger partial charge in [-0.15, -0.1) is 0 Å². The van der Waals surface area contributed by atoms with Crippen molar-refractivity contribution in [3.63, 3.8) is 0 Å². The molecule has 1 saturated carbocycles. The van der Waals surface area contributed by atoms with E-state index in [0.717, 1.165) is 19.4 Å². The first-order valence-electron chi connectivity index (χ1n) is 6.58. The summed E-state index contributed by atoms with van der Waals surface area (Å²) in [5, 5.41) is 8.43. The maximum atomic E-state index is 11.9. The summed E-state index contributed by atoms with van der Waals surface area (Å²) in [7, 11) is 0. The van der Waals surface area contributed by atoms with Gasteiger partial charge in [-0.25, -0.2) is 15.1 Å². The molecule has 2 amide bonds. The lowest BCUT2D eigenvalue weighted by molar-refractivity contribution is -0.144. The van der Waals surface area contributed by atoms with Crippen molar-refractivity contribution in [2.24, 2.45) is 5.92 Å². The van der Waals surface area contributed by atoms with E-state index in [1.54, 1.807) is 0 Å². The van der Waals surface area contributed by atoms with Gasteiger partial charge in [0.25, 0.3) is 0 Å². The normalized spacial score (nSPS) is 27.4. The zero-order chi connectivity index (χ0) is 13.0. The number of carbonyl (C=O) groups excluding carboxylic acids is 1. The highest BCUT2D eigenvalue weighted by Gasteiger charge is 2.35. The van der Waals surface area contributed by atoms with Gasteiger partial charge in [0, 0.05) is 12.6 Å². The first-order chi connectivity index (χ1) is 8.68. The molecule has 6 nitrogen and oxygen atoms in total. The van der Waals surface area contributed by atoms with Gasteiger partial charge in [0.2, 0.25) is 0 Å². The number of amides is 2. The van der Waals surface area contributed by atoms with Gasteiger partial charge >= 0.3 is 12.0 Å². The minimum Gasteiger partial charge on any atom is -0.479 e. The highest BCUT2D eigenvalue weighted by atomic mass is 16.7. The minimum absolute atomic E-state index is 0.298. The number of carbonyl (C=O) groups is 2. The van der Waals surface area contributed by atoms with Crippen molar-refractivity contribution in [2.45, 2.75) is 44.6 Å². The standard InChI is InChI=1S/C12H20N2O4/c15-11(16)8-18-13-12(17)14-7-3-5-9-4-1-2-6-10(9)14/h9-10H,1-8H2,(H,13,17)(H,15,16)/t9-,10-/m1/s1. The van der Waals surface area contributed by atoms with Crippen molar-refractivity contribution in [2.75, 3.05) is 13.2 Å². The predicted octanol–water partition coefficient (Wildman–Crippen LogP) is 1.37. The smallest absolute Gasteiger partial charge is 0.341 e. The number of urea groups is 1. The Hall–Kier alpha value is -1.30. The van der Waals surface area contributed by atoms with Crippen LogP contribution in [0.2, 0.25) is 0 Å². The Kier molecular flexibility index (Phi) is 4.41. The van der Waals surface area contributed by atoms with Crippen LogP contribution in [0.25, 0.3) is 0 Å². The average molecular weight is 256 g/mol. The van der Waals surface area contributed by atoms with Gasteiger partial charge in [0.05, 0.1) is 0 Å². The molecular weight excluding hydrogens is 236 g/mol. The van der Waals surface area contributed by atoms with E-state index >= 15 is 0 Å². The maximum absolute atomic E-state index is 11.9. The van der Waals surface area contributed by atoms with Crippen molar-refractivity contribution in [1.82, 2.24) is 10.4 Å². The van der Waals surface area contributed by atoms with Crippen LogP contribution in [0.3, 0.4) is 0 Å².